The van der Waals surface area contributed by atoms with E-state index in [1.54, 1.807) is 12.1 Å². The van der Waals surface area contributed by atoms with Crippen molar-refractivity contribution in [2.75, 3.05) is 18.4 Å². The van der Waals surface area contributed by atoms with Gasteiger partial charge in [-0.15, -0.1) is 0 Å². The minimum absolute atomic E-state index is 0.124. The van der Waals surface area contributed by atoms with Crippen LogP contribution in [0.2, 0.25) is 0 Å². The molecule has 0 bridgehead atoms. The SMILES string of the molecule is CCN(CC)Cc1ccccc1CNc1cccc(F)c1C(C)=O. The number of hydrogen-bond donors (Lipinski definition) is 1. The predicted molar refractivity (Wildman–Crippen MR) is 96.8 cm³/mol. The van der Waals surface area contributed by atoms with Gasteiger partial charge in [-0.05, 0) is 43.3 Å². The first-order chi connectivity index (χ1) is 11.6. The average Bonchev–Trinajstić information content (AvgIpc) is 2.58. The zero-order valence-electron chi connectivity index (χ0n) is 14.6. The summed E-state index contributed by atoms with van der Waals surface area (Å²) in [7, 11) is 0. The zero-order valence-corrected chi connectivity index (χ0v) is 14.6. The van der Waals surface area contributed by atoms with Gasteiger partial charge in [0.2, 0.25) is 0 Å². The maximum Gasteiger partial charge on any atom is 0.164 e. The van der Waals surface area contributed by atoms with E-state index in [1.807, 2.05) is 12.1 Å². The fourth-order valence-corrected chi connectivity index (χ4v) is 2.79. The summed E-state index contributed by atoms with van der Waals surface area (Å²) in [5, 5.41) is 3.22. The Hall–Kier alpha value is -2.20. The van der Waals surface area contributed by atoms with E-state index in [4.69, 9.17) is 0 Å². The average molecular weight is 328 g/mol. The second-order valence-corrected chi connectivity index (χ2v) is 5.80. The van der Waals surface area contributed by atoms with E-state index < -0.39 is 5.82 Å². The Morgan fingerprint density at radius 2 is 1.71 bits per heavy atom. The van der Waals surface area contributed by atoms with Crippen LogP contribution in [-0.4, -0.2) is 23.8 Å². The fraction of sp³-hybridized carbons (Fsp3) is 0.350. The standard InChI is InChI=1S/C20H25FN2O/c1-4-23(5-2)14-17-10-7-6-9-16(17)13-22-19-12-8-11-18(21)20(19)15(3)24/h6-12,22H,4-5,13-14H2,1-3H3. The van der Waals surface area contributed by atoms with E-state index in [-0.39, 0.29) is 11.3 Å². The van der Waals surface area contributed by atoms with E-state index in [0.29, 0.717) is 12.2 Å². The van der Waals surface area contributed by atoms with Crippen molar-refractivity contribution < 1.29 is 9.18 Å². The molecule has 0 fully saturated rings. The number of ketones is 1. The molecular formula is C20H25FN2O. The van der Waals surface area contributed by atoms with Crippen LogP contribution in [0.4, 0.5) is 10.1 Å². The lowest BCUT2D eigenvalue weighted by Crippen LogP contribution is -2.23. The highest BCUT2D eigenvalue weighted by Crippen LogP contribution is 2.21. The topological polar surface area (TPSA) is 32.3 Å². The van der Waals surface area contributed by atoms with Crippen LogP contribution in [-0.2, 0) is 13.1 Å². The first-order valence-electron chi connectivity index (χ1n) is 8.39. The van der Waals surface area contributed by atoms with E-state index >= 15 is 0 Å². The second-order valence-electron chi connectivity index (χ2n) is 5.80. The van der Waals surface area contributed by atoms with Crippen LogP contribution in [0.5, 0.6) is 0 Å². The van der Waals surface area contributed by atoms with Crippen LogP contribution in [0, 0.1) is 5.82 Å². The summed E-state index contributed by atoms with van der Waals surface area (Å²) in [6.45, 7) is 9.12. The molecular weight excluding hydrogens is 303 g/mol. The lowest BCUT2D eigenvalue weighted by atomic mass is 10.1. The number of benzene rings is 2. The van der Waals surface area contributed by atoms with Crippen molar-refractivity contribution in [3.63, 3.8) is 0 Å². The quantitative estimate of drug-likeness (QED) is 0.725. The molecule has 2 aromatic carbocycles. The number of nitrogens with one attached hydrogen (secondary N) is 1. The molecule has 0 saturated heterocycles. The number of nitrogens with zero attached hydrogens (tertiary/aromatic N) is 1. The molecule has 0 atom stereocenters. The molecule has 0 unspecified atom stereocenters. The Morgan fingerprint density at radius 3 is 2.33 bits per heavy atom. The van der Waals surface area contributed by atoms with Crippen molar-refractivity contribution >= 4 is 11.5 Å². The molecule has 1 N–H and O–H groups in total. The Balaban J connectivity index is 2.19. The predicted octanol–water partition coefficient (Wildman–Crippen LogP) is 4.48. The molecule has 0 aromatic heterocycles. The summed E-state index contributed by atoms with van der Waals surface area (Å²) in [5.74, 6) is -0.754. The monoisotopic (exact) mass is 328 g/mol. The number of carbonyl (C=O) groups is 1. The van der Waals surface area contributed by atoms with Crippen LogP contribution in [0.15, 0.2) is 42.5 Å². The lowest BCUT2D eigenvalue weighted by Gasteiger charge is -2.20. The molecule has 0 amide bonds. The molecule has 4 heteroatoms. The van der Waals surface area contributed by atoms with Gasteiger partial charge in [0.05, 0.1) is 5.56 Å². The molecule has 0 aliphatic heterocycles. The first-order valence-corrected chi connectivity index (χ1v) is 8.39. The molecule has 0 saturated carbocycles. The van der Waals surface area contributed by atoms with Gasteiger partial charge in [-0.1, -0.05) is 44.2 Å². The van der Waals surface area contributed by atoms with Gasteiger partial charge >= 0.3 is 0 Å². The summed E-state index contributed by atoms with van der Waals surface area (Å²) in [4.78, 5) is 14.1. The minimum Gasteiger partial charge on any atom is -0.380 e. The van der Waals surface area contributed by atoms with Crippen LogP contribution in [0.25, 0.3) is 0 Å². The van der Waals surface area contributed by atoms with Gasteiger partial charge in [0.1, 0.15) is 5.82 Å². The molecule has 0 radical (unpaired) electrons. The Bertz CT molecular complexity index is 696. The van der Waals surface area contributed by atoms with Gasteiger partial charge in [0, 0.05) is 18.8 Å². The van der Waals surface area contributed by atoms with E-state index in [0.717, 1.165) is 25.2 Å². The summed E-state index contributed by atoms with van der Waals surface area (Å²) >= 11 is 0. The number of hydrogen-bond acceptors (Lipinski definition) is 3. The van der Waals surface area contributed by atoms with Crippen molar-refractivity contribution in [1.29, 1.82) is 0 Å². The van der Waals surface area contributed by atoms with E-state index in [2.05, 4.69) is 36.2 Å². The van der Waals surface area contributed by atoms with Crippen LogP contribution in [0.3, 0.4) is 0 Å². The van der Waals surface area contributed by atoms with Gasteiger partial charge < -0.3 is 5.32 Å². The highest BCUT2D eigenvalue weighted by atomic mass is 19.1. The maximum atomic E-state index is 13.9. The van der Waals surface area contributed by atoms with Crippen LogP contribution < -0.4 is 5.32 Å². The molecule has 0 aliphatic rings. The lowest BCUT2D eigenvalue weighted by molar-refractivity contribution is 0.101. The van der Waals surface area contributed by atoms with Crippen LogP contribution >= 0.6 is 0 Å². The molecule has 128 valence electrons. The first kappa shape index (κ1) is 18.1. The minimum atomic E-state index is -0.482. The van der Waals surface area contributed by atoms with Gasteiger partial charge in [-0.2, -0.15) is 0 Å². The third-order valence-electron chi connectivity index (χ3n) is 4.24. The molecule has 24 heavy (non-hydrogen) atoms. The highest BCUT2D eigenvalue weighted by Gasteiger charge is 2.13. The smallest absolute Gasteiger partial charge is 0.164 e. The maximum absolute atomic E-state index is 13.9. The molecule has 3 nitrogen and oxygen atoms in total. The fourth-order valence-electron chi connectivity index (χ4n) is 2.79. The highest BCUT2D eigenvalue weighted by molar-refractivity contribution is 5.99. The molecule has 0 aliphatic carbocycles. The van der Waals surface area contributed by atoms with Gasteiger partial charge in [-0.3, -0.25) is 9.69 Å². The number of anilines is 1. The second kappa shape index (κ2) is 8.60. The van der Waals surface area contributed by atoms with Crippen molar-refractivity contribution in [3.05, 3.63) is 65.0 Å². The number of rotatable bonds is 8. The summed E-state index contributed by atoms with van der Waals surface area (Å²) in [6.07, 6.45) is 0. The van der Waals surface area contributed by atoms with Crippen molar-refractivity contribution in [2.24, 2.45) is 0 Å². The van der Waals surface area contributed by atoms with Gasteiger partial charge in [0.15, 0.2) is 5.78 Å². The Kier molecular flexibility index (Phi) is 6.50. The normalized spacial score (nSPS) is 10.9. The van der Waals surface area contributed by atoms with Crippen molar-refractivity contribution in [3.8, 4) is 0 Å². The van der Waals surface area contributed by atoms with Crippen LogP contribution in [0.1, 0.15) is 42.3 Å². The number of carbonyl (C=O) groups excluding carboxylic acids is 1. The van der Waals surface area contributed by atoms with Crippen molar-refractivity contribution in [1.82, 2.24) is 4.90 Å². The number of halogens is 1. The Labute approximate surface area is 143 Å². The molecule has 2 aromatic rings. The van der Waals surface area contributed by atoms with E-state index in [1.165, 1.54) is 18.6 Å². The number of Topliss-reactive ketones (excluding diaryl/α,β-unsaturated/α-hetero) is 1. The summed E-state index contributed by atoms with van der Waals surface area (Å²) < 4.78 is 13.9. The summed E-state index contributed by atoms with van der Waals surface area (Å²) in [6, 6.07) is 12.9. The third kappa shape index (κ3) is 4.42. The van der Waals surface area contributed by atoms with Gasteiger partial charge in [-0.25, -0.2) is 4.39 Å². The molecule has 0 spiro atoms. The Morgan fingerprint density at radius 1 is 1.04 bits per heavy atom. The molecule has 2 rings (SSSR count). The summed E-state index contributed by atoms with van der Waals surface area (Å²) in [5.41, 5.74) is 3.07. The zero-order chi connectivity index (χ0) is 17.5. The van der Waals surface area contributed by atoms with Crippen molar-refractivity contribution in [2.45, 2.75) is 33.9 Å². The van der Waals surface area contributed by atoms with Gasteiger partial charge in [0.25, 0.3) is 0 Å². The molecule has 0 heterocycles. The third-order valence-corrected chi connectivity index (χ3v) is 4.24. The largest absolute Gasteiger partial charge is 0.380 e. The van der Waals surface area contributed by atoms with E-state index in [9.17, 15) is 9.18 Å².